The highest BCUT2D eigenvalue weighted by atomic mass is 16.6. The Balaban J connectivity index is 2.27. The van der Waals surface area contributed by atoms with Gasteiger partial charge in [0.25, 0.3) is 0 Å². The lowest BCUT2D eigenvalue weighted by molar-refractivity contribution is -0.159. The molecule has 0 aromatic rings. The second kappa shape index (κ2) is 7.76. The summed E-state index contributed by atoms with van der Waals surface area (Å²) in [6.45, 7) is 15.6. The van der Waals surface area contributed by atoms with Crippen LogP contribution in [-0.2, 0) is 14.3 Å². The van der Waals surface area contributed by atoms with Gasteiger partial charge in [-0.2, -0.15) is 0 Å². The lowest BCUT2D eigenvalue weighted by atomic mass is 9.75. The van der Waals surface area contributed by atoms with Gasteiger partial charge in [-0.1, -0.05) is 48.0 Å². The predicted molar refractivity (Wildman–Crippen MR) is 97.7 cm³/mol. The fourth-order valence-corrected chi connectivity index (χ4v) is 4.85. The van der Waals surface area contributed by atoms with Crippen molar-refractivity contribution in [2.45, 2.75) is 98.4 Å². The van der Waals surface area contributed by atoms with E-state index in [1.807, 2.05) is 6.92 Å². The Labute approximate surface area is 148 Å². The lowest BCUT2D eigenvalue weighted by Gasteiger charge is -2.36. The van der Waals surface area contributed by atoms with Crippen molar-refractivity contribution < 1.29 is 14.3 Å². The van der Waals surface area contributed by atoms with Gasteiger partial charge in [0, 0.05) is 6.42 Å². The quantitative estimate of drug-likeness (QED) is 0.662. The monoisotopic (exact) mass is 338 g/mol. The zero-order valence-electron chi connectivity index (χ0n) is 16.8. The van der Waals surface area contributed by atoms with Crippen LogP contribution in [0.1, 0.15) is 80.6 Å². The van der Waals surface area contributed by atoms with E-state index < -0.39 is 0 Å². The van der Waals surface area contributed by atoms with Crippen LogP contribution in [0.2, 0.25) is 0 Å². The standard InChI is InChI=1S/C21H38O3/c1-8-9-13(2)18-11-19-16(5)12-21(7,24-19)17(6)14(3)10-15(4)20(22)23-18/h13-19H,8-12H2,1-7H3/t13?,14?,15-,16?,17?,18?,19?,21+/m1/s1. The molecular formula is C21H38O3. The third-order valence-corrected chi connectivity index (χ3v) is 6.84. The molecule has 24 heavy (non-hydrogen) atoms. The van der Waals surface area contributed by atoms with Crippen LogP contribution in [0.5, 0.6) is 0 Å². The molecule has 2 rings (SSSR count). The topological polar surface area (TPSA) is 35.5 Å². The third-order valence-electron chi connectivity index (χ3n) is 6.84. The van der Waals surface area contributed by atoms with Crippen molar-refractivity contribution in [3.05, 3.63) is 0 Å². The van der Waals surface area contributed by atoms with Crippen LogP contribution in [0, 0.1) is 29.6 Å². The molecule has 0 aliphatic carbocycles. The van der Waals surface area contributed by atoms with E-state index >= 15 is 0 Å². The van der Waals surface area contributed by atoms with Crippen molar-refractivity contribution in [1.29, 1.82) is 0 Å². The fraction of sp³-hybridized carbons (Fsp3) is 0.952. The molecule has 2 saturated heterocycles. The minimum absolute atomic E-state index is 0.0154. The first-order valence-corrected chi connectivity index (χ1v) is 10.1. The number of cyclic esters (lactones) is 1. The Morgan fingerprint density at radius 1 is 1.17 bits per heavy atom. The summed E-state index contributed by atoms with van der Waals surface area (Å²) in [6, 6.07) is 0. The van der Waals surface area contributed by atoms with Crippen molar-refractivity contribution in [2.24, 2.45) is 29.6 Å². The summed E-state index contributed by atoms with van der Waals surface area (Å²) in [7, 11) is 0. The summed E-state index contributed by atoms with van der Waals surface area (Å²) in [6.07, 6.45) is 5.24. The van der Waals surface area contributed by atoms with E-state index in [1.54, 1.807) is 0 Å². The van der Waals surface area contributed by atoms with Crippen LogP contribution >= 0.6 is 0 Å². The molecule has 0 radical (unpaired) electrons. The van der Waals surface area contributed by atoms with Gasteiger partial charge < -0.3 is 9.47 Å². The predicted octanol–water partition coefficient (Wildman–Crippen LogP) is 5.22. The first kappa shape index (κ1) is 19.8. The molecule has 0 N–H and O–H groups in total. The van der Waals surface area contributed by atoms with Crippen LogP contribution in [0.4, 0.5) is 0 Å². The van der Waals surface area contributed by atoms with E-state index in [0.717, 1.165) is 32.1 Å². The van der Waals surface area contributed by atoms with Gasteiger partial charge in [0.15, 0.2) is 0 Å². The van der Waals surface area contributed by atoms with Crippen LogP contribution in [-0.4, -0.2) is 23.8 Å². The van der Waals surface area contributed by atoms with Crippen LogP contribution in [0.15, 0.2) is 0 Å². The van der Waals surface area contributed by atoms with E-state index in [0.29, 0.717) is 23.7 Å². The molecule has 0 spiro atoms. The maximum absolute atomic E-state index is 12.6. The maximum Gasteiger partial charge on any atom is 0.308 e. The van der Waals surface area contributed by atoms with Crippen molar-refractivity contribution in [1.82, 2.24) is 0 Å². The number of hydrogen-bond acceptors (Lipinski definition) is 3. The van der Waals surface area contributed by atoms with Gasteiger partial charge in [0.1, 0.15) is 6.10 Å². The van der Waals surface area contributed by atoms with Gasteiger partial charge in [-0.05, 0) is 49.9 Å². The van der Waals surface area contributed by atoms with E-state index in [9.17, 15) is 4.79 Å². The maximum atomic E-state index is 12.6. The average molecular weight is 339 g/mol. The molecule has 0 saturated carbocycles. The Morgan fingerprint density at radius 2 is 1.83 bits per heavy atom. The molecule has 2 heterocycles. The molecule has 0 aromatic carbocycles. The van der Waals surface area contributed by atoms with Gasteiger partial charge in [-0.25, -0.2) is 0 Å². The molecule has 2 aliphatic rings. The van der Waals surface area contributed by atoms with Gasteiger partial charge in [-0.15, -0.1) is 0 Å². The van der Waals surface area contributed by atoms with Crippen molar-refractivity contribution in [3.63, 3.8) is 0 Å². The summed E-state index contributed by atoms with van der Waals surface area (Å²) in [5.41, 5.74) is -0.0743. The summed E-state index contributed by atoms with van der Waals surface area (Å²) < 4.78 is 12.6. The lowest BCUT2D eigenvalue weighted by Crippen LogP contribution is -2.37. The number of rotatable bonds is 3. The van der Waals surface area contributed by atoms with Gasteiger partial charge in [-0.3, -0.25) is 4.79 Å². The minimum Gasteiger partial charge on any atom is -0.462 e. The molecule has 2 aliphatic heterocycles. The van der Waals surface area contributed by atoms with E-state index in [-0.39, 0.29) is 29.7 Å². The number of esters is 1. The van der Waals surface area contributed by atoms with E-state index in [2.05, 4.69) is 41.5 Å². The van der Waals surface area contributed by atoms with E-state index in [4.69, 9.17) is 9.47 Å². The molecule has 3 heteroatoms. The first-order valence-electron chi connectivity index (χ1n) is 10.1. The fourth-order valence-electron chi connectivity index (χ4n) is 4.85. The number of ether oxygens (including phenoxy) is 2. The zero-order chi connectivity index (χ0) is 18.1. The number of carbonyl (C=O) groups excluding carboxylic acids is 1. The zero-order valence-corrected chi connectivity index (χ0v) is 16.8. The molecule has 2 fully saturated rings. The molecule has 0 aromatic heterocycles. The van der Waals surface area contributed by atoms with Crippen LogP contribution < -0.4 is 0 Å². The van der Waals surface area contributed by atoms with Crippen molar-refractivity contribution >= 4 is 5.97 Å². The van der Waals surface area contributed by atoms with E-state index in [1.165, 1.54) is 0 Å². The number of fused-ring (bicyclic) bond motifs is 2. The van der Waals surface area contributed by atoms with Crippen molar-refractivity contribution in [3.8, 4) is 0 Å². The minimum atomic E-state index is -0.0743. The SMILES string of the molecule is CCCC(C)C1CC2O[C@@](C)(CC2C)C(C)C(C)C[C@@H](C)C(=O)O1. The third kappa shape index (κ3) is 4.15. The normalized spacial score (nSPS) is 45.4. The second-order valence-corrected chi connectivity index (χ2v) is 9.03. The summed E-state index contributed by atoms with van der Waals surface area (Å²) >= 11 is 0. The highest BCUT2D eigenvalue weighted by Crippen LogP contribution is 2.46. The largest absolute Gasteiger partial charge is 0.462 e. The summed E-state index contributed by atoms with van der Waals surface area (Å²) in [5, 5.41) is 0. The molecule has 3 nitrogen and oxygen atoms in total. The Kier molecular flexibility index (Phi) is 6.39. The van der Waals surface area contributed by atoms with Crippen LogP contribution in [0.25, 0.3) is 0 Å². The Hall–Kier alpha value is -0.570. The Bertz CT molecular complexity index is 435. The first-order chi connectivity index (χ1) is 11.2. The molecule has 0 amide bonds. The number of carbonyl (C=O) groups is 1. The number of hydrogen-bond donors (Lipinski definition) is 0. The van der Waals surface area contributed by atoms with Crippen LogP contribution in [0.3, 0.4) is 0 Å². The molecule has 6 unspecified atom stereocenters. The van der Waals surface area contributed by atoms with Gasteiger partial charge in [0.2, 0.25) is 0 Å². The molecule has 140 valence electrons. The molecule has 8 atom stereocenters. The highest BCUT2D eigenvalue weighted by Gasteiger charge is 2.48. The summed E-state index contributed by atoms with van der Waals surface area (Å²) in [5.74, 6) is 1.77. The Morgan fingerprint density at radius 3 is 2.46 bits per heavy atom. The highest BCUT2D eigenvalue weighted by molar-refractivity contribution is 5.72. The molecular weight excluding hydrogens is 300 g/mol. The average Bonchev–Trinajstić information content (AvgIpc) is 2.80. The van der Waals surface area contributed by atoms with Crippen molar-refractivity contribution in [2.75, 3.05) is 0 Å². The summed E-state index contributed by atoms with van der Waals surface area (Å²) in [4.78, 5) is 12.6. The smallest absolute Gasteiger partial charge is 0.308 e. The molecule has 2 bridgehead atoms. The second-order valence-electron chi connectivity index (χ2n) is 9.03. The van der Waals surface area contributed by atoms with Gasteiger partial charge in [0.05, 0.1) is 17.6 Å². The van der Waals surface area contributed by atoms with Gasteiger partial charge >= 0.3 is 5.97 Å².